The fourth-order valence-electron chi connectivity index (χ4n) is 2.69. The third-order valence-corrected chi connectivity index (χ3v) is 3.72. The average Bonchev–Trinajstić information content (AvgIpc) is 2.68. The molecule has 3 nitrogen and oxygen atoms in total. The van der Waals surface area contributed by atoms with Crippen LogP contribution in [0, 0.1) is 0 Å². The lowest BCUT2D eigenvalue weighted by Crippen LogP contribution is -2.35. The van der Waals surface area contributed by atoms with Gasteiger partial charge in [0.1, 0.15) is 0 Å². The third kappa shape index (κ3) is 4.22. The van der Waals surface area contributed by atoms with E-state index in [0.717, 1.165) is 30.1 Å². The van der Waals surface area contributed by atoms with E-state index in [-0.39, 0.29) is 5.41 Å². The first-order valence-electron chi connectivity index (χ1n) is 7.26. The summed E-state index contributed by atoms with van der Waals surface area (Å²) in [5.41, 5.74) is 1.16. The van der Waals surface area contributed by atoms with Crippen LogP contribution in [0.5, 0.6) is 0 Å². The van der Waals surface area contributed by atoms with Crippen LogP contribution in [0.3, 0.4) is 0 Å². The molecule has 4 heteroatoms. The zero-order valence-electron chi connectivity index (χ0n) is 13.1. The van der Waals surface area contributed by atoms with Gasteiger partial charge < -0.3 is 5.32 Å². The highest BCUT2D eigenvalue weighted by Gasteiger charge is 2.30. The fourth-order valence-corrected chi connectivity index (χ4v) is 3.08. The number of hydrogen-bond donors (Lipinski definition) is 1. The fraction of sp³-hybridized carbons (Fsp3) is 0.800. The van der Waals surface area contributed by atoms with E-state index in [1.807, 2.05) is 0 Å². The Bertz CT molecular complexity index is 396. The van der Waals surface area contributed by atoms with Gasteiger partial charge in [0.05, 0.1) is 16.9 Å². The zero-order chi connectivity index (χ0) is 14.6. The second-order valence-corrected chi connectivity index (χ2v) is 6.73. The lowest BCUT2D eigenvalue weighted by Gasteiger charge is -2.30. The first-order valence-corrected chi connectivity index (χ1v) is 7.64. The second kappa shape index (κ2) is 6.76. The van der Waals surface area contributed by atoms with Crippen molar-refractivity contribution in [2.45, 2.75) is 71.9 Å². The number of nitrogens with zero attached hydrogens (tertiary/aromatic N) is 2. The largest absolute Gasteiger partial charge is 0.314 e. The Morgan fingerprint density at radius 3 is 2.53 bits per heavy atom. The molecule has 1 unspecified atom stereocenters. The van der Waals surface area contributed by atoms with E-state index in [1.165, 1.54) is 0 Å². The molecule has 0 saturated carbocycles. The van der Waals surface area contributed by atoms with Gasteiger partial charge in [-0.1, -0.05) is 32.4 Å². The lowest BCUT2D eigenvalue weighted by atomic mass is 9.82. The molecule has 1 rings (SSSR count). The van der Waals surface area contributed by atoms with Crippen molar-refractivity contribution >= 4 is 11.6 Å². The van der Waals surface area contributed by atoms with Crippen LogP contribution in [0.2, 0.25) is 5.02 Å². The maximum Gasteiger partial charge on any atom is 0.0823 e. The normalized spacial score (nSPS) is 14.1. The van der Waals surface area contributed by atoms with Gasteiger partial charge in [-0.05, 0) is 40.2 Å². The maximum absolute atomic E-state index is 6.36. The SMILES string of the molecule is CCCNC(C)CC(C)(C)c1c(Cl)cnn1C(C)C. The van der Waals surface area contributed by atoms with Crippen molar-refractivity contribution in [3.63, 3.8) is 0 Å². The highest BCUT2D eigenvalue weighted by Crippen LogP contribution is 2.35. The van der Waals surface area contributed by atoms with Gasteiger partial charge in [0.25, 0.3) is 0 Å². The molecule has 0 amide bonds. The zero-order valence-corrected chi connectivity index (χ0v) is 13.9. The quantitative estimate of drug-likeness (QED) is 0.815. The molecule has 0 saturated heterocycles. The van der Waals surface area contributed by atoms with Crippen LogP contribution in [-0.4, -0.2) is 22.4 Å². The van der Waals surface area contributed by atoms with Crippen molar-refractivity contribution in [1.29, 1.82) is 0 Å². The Morgan fingerprint density at radius 2 is 2.00 bits per heavy atom. The van der Waals surface area contributed by atoms with Crippen LogP contribution in [-0.2, 0) is 5.41 Å². The Hall–Kier alpha value is -0.540. The van der Waals surface area contributed by atoms with E-state index >= 15 is 0 Å². The summed E-state index contributed by atoms with van der Waals surface area (Å²) >= 11 is 6.36. The van der Waals surface area contributed by atoms with Crippen LogP contribution in [0.25, 0.3) is 0 Å². The van der Waals surface area contributed by atoms with Crippen LogP contribution >= 0.6 is 11.6 Å². The van der Waals surface area contributed by atoms with Crippen molar-refractivity contribution in [1.82, 2.24) is 15.1 Å². The molecule has 1 heterocycles. The number of nitrogens with one attached hydrogen (secondary N) is 1. The van der Waals surface area contributed by atoms with Gasteiger partial charge in [0.15, 0.2) is 0 Å². The number of aromatic nitrogens is 2. The molecule has 0 aliphatic rings. The van der Waals surface area contributed by atoms with E-state index in [4.69, 9.17) is 11.6 Å². The Kier molecular flexibility index (Phi) is 5.87. The smallest absolute Gasteiger partial charge is 0.0823 e. The minimum atomic E-state index is 0.0119. The Morgan fingerprint density at radius 1 is 1.37 bits per heavy atom. The minimum Gasteiger partial charge on any atom is -0.314 e. The van der Waals surface area contributed by atoms with Crippen LogP contribution < -0.4 is 5.32 Å². The summed E-state index contributed by atoms with van der Waals surface area (Å²) in [5.74, 6) is 0. The lowest BCUT2D eigenvalue weighted by molar-refractivity contribution is 0.354. The van der Waals surface area contributed by atoms with Gasteiger partial charge in [0, 0.05) is 17.5 Å². The summed E-state index contributed by atoms with van der Waals surface area (Å²) < 4.78 is 2.05. The molecule has 110 valence electrons. The summed E-state index contributed by atoms with van der Waals surface area (Å²) in [6, 6.07) is 0.808. The molecule has 1 atom stereocenters. The van der Waals surface area contributed by atoms with E-state index in [0.29, 0.717) is 12.1 Å². The van der Waals surface area contributed by atoms with Crippen LogP contribution in [0.15, 0.2) is 6.20 Å². The van der Waals surface area contributed by atoms with Gasteiger partial charge in [-0.25, -0.2) is 0 Å². The predicted molar refractivity (Wildman–Crippen MR) is 83.0 cm³/mol. The topological polar surface area (TPSA) is 29.9 Å². The Labute approximate surface area is 122 Å². The van der Waals surface area contributed by atoms with Gasteiger partial charge in [-0.3, -0.25) is 4.68 Å². The molecule has 1 aromatic rings. The summed E-state index contributed by atoms with van der Waals surface area (Å²) in [6.07, 6.45) is 3.98. The van der Waals surface area contributed by atoms with E-state index in [9.17, 15) is 0 Å². The van der Waals surface area contributed by atoms with Gasteiger partial charge in [0.2, 0.25) is 0 Å². The second-order valence-electron chi connectivity index (χ2n) is 6.32. The van der Waals surface area contributed by atoms with Crippen LogP contribution in [0.4, 0.5) is 0 Å². The molecule has 0 aromatic carbocycles. The van der Waals surface area contributed by atoms with Gasteiger partial charge in [-0.2, -0.15) is 5.10 Å². The number of rotatable bonds is 7. The van der Waals surface area contributed by atoms with Crippen molar-refractivity contribution in [3.8, 4) is 0 Å². The average molecular weight is 286 g/mol. The van der Waals surface area contributed by atoms with Crippen molar-refractivity contribution in [2.75, 3.05) is 6.54 Å². The first-order chi connectivity index (χ1) is 8.79. The third-order valence-electron chi connectivity index (χ3n) is 3.44. The molecule has 0 bridgehead atoms. The molecular weight excluding hydrogens is 258 g/mol. The minimum absolute atomic E-state index is 0.0119. The monoisotopic (exact) mass is 285 g/mol. The molecule has 1 aromatic heterocycles. The van der Waals surface area contributed by atoms with Gasteiger partial charge >= 0.3 is 0 Å². The van der Waals surface area contributed by atoms with Crippen molar-refractivity contribution in [2.24, 2.45) is 0 Å². The standard InChI is InChI=1S/C15H28ClN3/c1-7-8-17-12(4)9-15(5,6)14-13(16)10-18-19(14)11(2)3/h10-12,17H,7-9H2,1-6H3. The summed E-state index contributed by atoms with van der Waals surface area (Å²) in [4.78, 5) is 0. The number of halogens is 1. The molecule has 1 N–H and O–H groups in total. The van der Waals surface area contributed by atoms with Crippen molar-refractivity contribution < 1.29 is 0 Å². The summed E-state index contributed by atoms with van der Waals surface area (Å²) in [5, 5.41) is 8.74. The molecule has 19 heavy (non-hydrogen) atoms. The highest BCUT2D eigenvalue weighted by atomic mass is 35.5. The van der Waals surface area contributed by atoms with E-state index in [2.05, 4.69) is 56.6 Å². The molecule has 0 spiro atoms. The van der Waals surface area contributed by atoms with Crippen LogP contribution in [0.1, 0.15) is 66.1 Å². The molecule has 0 radical (unpaired) electrons. The molecular formula is C15H28ClN3. The summed E-state index contributed by atoms with van der Waals surface area (Å²) in [6.45, 7) is 14.3. The summed E-state index contributed by atoms with van der Waals surface area (Å²) in [7, 11) is 0. The highest BCUT2D eigenvalue weighted by molar-refractivity contribution is 6.31. The van der Waals surface area contributed by atoms with E-state index in [1.54, 1.807) is 6.20 Å². The predicted octanol–water partition coefficient (Wildman–Crippen LogP) is 4.17. The molecule has 0 aliphatic carbocycles. The van der Waals surface area contributed by atoms with E-state index < -0.39 is 0 Å². The maximum atomic E-state index is 6.36. The molecule has 0 aliphatic heterocycles. The molecule has 0 fully saturated rings. The van der Waals surface area contributed by atoms with Crippen molar-refractivity contribution in [3.05, 3.63) is 16.9 Å². The first kappa shape index (κ1) is 16.5. The van der Waals surface area contributed by atoms with Gasteiger partial charge in [-0.15, -0.1) is 0 Å². The number of hydrogen-bond acceptors (Lipinski definition) is 2. The Balaban J connectivity index is 2.90.